The van der Waals surface area contributed by atoms with Crippen molar-refractivity contribution in [1.82, 2.24) is 0 Å². The Morgan fingerprint density at radius 2 is 1.89 bits per heavy atom. The normalized spacial score (nSPS) is 23.6. The summed E-state index contributed by atoms with van der Waals surface area (Å²) >= 11 is 0. The average molecular weight is 258 g/mol. The second kappa shape index (κ2) is 4.88. The molecule has 1 aliphatic heterocycles. The molecule has 0 saturated carbocycles. The van der Waals surface area contributed by atoms with Gasteiger partial charge in [0.15, 0.2) is 0 Å². The number of hydrogen-bond acceptors (Lipinski definition) is 3. The molecule has 1 aliphatic rings. The number of halogens is 3. The molecule has 2 N–H and O–H groups in total. The maximum atomic E-state index is 12.7. The van der Waals surface area contributed by atoms with Crippen LogP contribution in [0.15, 0.2) is 35.3 Å². The fraction of sp³-hybridized carbons (Fsp3) is 0.417. The number of rotatable bonds is 3. The van der Waals surface area contributed by atoms with E-state index in [0.717, 1.165) is 5.56 Å². The van der Waals surface area contributed by atoms with Crippen molar-refractivity contribution in [2.45, 2.75) is 31.2 Å². The van der Waals surface area contributed by atoms with Crippen molar-refractivity contribution in [1.29, 1.82) is 0 Å². The quantitative estimate of drug-likeness (QED) is 0.904. The highest BCUT2D eigenvalue weighted by molar-refractivity contribution is 5.73. The first-order chi connectivity index (χ1) is 8.47. The Hall–Kier alpha value is -1.72. The van der Waals surface area contributed by atoms with Crippen molar-refractivity contribution >= 4 is 6.02 Å². The Kier molecular flexibility index (Phi) is 3.45. The summed E-state index contributed by atoms with van der Waals surface area (Å²) in [5.41, 5.74) is 6.18. The van der Waals surface area contributed by atoms with E-state index in [2.05, 4.69) is 9.73 Å². The summed E-state index contributed by atoms with van der Waals surface area (Å²) in [5, 5.41) is 0. The van der Waals surface area contributed by atoms with Gasteiger partial charge >= 0.3 is 6.18 Å². The molecule has 0 fully saturated rings. The molecule has 3 nitrogen and oxygen atoms in total. The Balaban J connectivity index is 1.99. The third-order valence-corrected chi connectivity index (χ3v) is 2.78. The molecule has 0 aliphatic carbocycles. The van der Waals surface area contributed by atoms with Crippen LogP contribution in [0, 0.1) is 0 Å². The summed E-state index contributed by atoms with van der Waals surface area (Å²) < 4.78 is 42.5. The number of nitrogens with two attached hydrogens (primary N) is 1. The van der Waals surface area contributed by atoms with Crippen LogP contribution >= 0.6 is 0 Å². The van der Waals surface area contributed by atoms with Crippen LogP contribution in [0.1, 0.15) is 12.0 Å². The zero-order valence-corrected chi connectivity index (χ0v) is 9.52. The molecule has 1 aromatic rings. The molecule has 0 unspecified atom stereocenters. The Morgan fingerprint density at radius 1 is 1.22 bits per heavy atom. The molecule has 2 atom stereocenters. The number of hydrogen-bond donors (Lipinski definition) is 1. The van der Waals surface area contributed by atoms with Gasteiger partial charge in [0.1, 0.15) is 6.04 Å². The van der Waals surface area contributed by atoms with Gasteiger partial charge in [-0.25, -0.2) is 4.99 Å². The Labute approximate surface area is 102 Å². The molecule has 0 aromatic heterocycles. The second-order valence-corrected chi connectivity index (χ2v) is 4.14. The van der Waals surface area contributed by atoms with Crippen LogP contribution in [-0.2, 0) is 11.2 Å². The van der Waals surface area contributed by atoms with Crippen molar-refractivity contribution in [2.24, 2.45) is 10.7 Å². The highest BCUT2D eigenvalue weighted by Crippen LogP contribution is 2.31. The van der Waals surface area contributed by atoms with Crippen LogP contribution in [0.2, 0.25) is 0 Å². The molecule has 1 heterocycles. The van der Waals surface area contributed by atoms with Crippen LogP contribution in [0.3, 0.4) is 0 Å². The van der Waals surface area contributed by atoms with Crippen LogP contribution in [-0.4, -0.2) is 24.3 Å². The number of benzene rings is 1. The number of ether oxygens (including phenoxy) is 1. The molecule has 0 saturated heterocycles. The average Bonchev–Trinajstić information content (AvgIpc) is 2.69. The van der Waals surface area contributed by atoms with Crippen LogP contribution < -0.4 is 5.73 Å². The van der Waals surface area contributed by atoms with Gasteiger partial charge in [0.05, 0.1) is 0 Å². The van der Waals surface area contributed by atoms with E-state index in [9.17, 15) is 13.2 Å². The van der Waals surface area contributed by atoms with Crippen molar-refractivity contribution in [3.05, 3.63) is 35.9 Å². The van der Waals surface area contributed by atoms with E-state index in [4.69, 9.17) is 5.73 Å². The van der Waals surface area contributed by atoms with E-state index in [1.165, 1.54) is 0 Å². The molecule has 2 rings (SSSR count). The van der Waals surface area contributed by atoms with E-state index in [-0.39, 0.29) is 12.4 Å². The van der Waals surface area contributed by atoms with E-state index in [0.29, 0.717) is 6.42 Å². The van der Waals surface area contributed by atoms with Gasteiger partial charge in [-0.3, -0.25) is 0 Å². The minimum absolute atomic E-state index is 0.259. The molecule has 0 amide bonds. The number of alkyl halides is 3. The van der Waals surface area contributed by atoms with E-state index in [1.54, 1.807) is 0 Å². The lowest BCUT2D eigenvalue weighted by Crippen LogP contribution is -2.38. The molecule has 0 bridgehead atoms. The number of nitrogens with zero attached hydrogens (tertiary/aromatic N) is 1. The molecule has 18 heavy (non-hydrogen) atoms. The molecule has 6 heteroatoms. The maximum Gasteiger partial charge on any atom is 0.427 e. The summed E-state index contributed by atoms with van der Waals surface area (Å²) in [6.45, 7) is 0. The van der Waals surface area contributed by atoms with E-state index < -0.39 is 18.3 Å². The standard InChI is InChI=1S/C12H13F3N2O/c13-12(14,15)10-9(17-11(16)18-10)7-6-8-4-2-1-3-5-8/h1-5,9-10H,6-7H2,(H2,16,17)/t9-,10+/m0/s1. The highest BCUT2D eigenvalue weighted by atomic mass is 19.4. The summed E-state index contributed by atoms with van der Waals surface area (Å²) in [7, 11) is 0. The van der Waals surface area contributed by atoms with Gasteiger partial charge < -0.3 is 10.5 Å². The lowest BCUT2D eigenvalue weighted by atomic mass is 10.0. The number of amidine groups is 1. The summed E-state index contributed by atoms with van der Waals surface area (Å²) in [6.07, 6.45) is -5.58. The largest absolute Gasteiger partial charge is 0.450 e. The van der Waals surface area contributed by atoms with Crippen molar-refractivity contribution in [2.75, 3.05) is 0 Å². The van der Waals surface area contributed by atoms with Gasteiger partial charge in [-0.05, 0) is 18.4 Å². The second-order valence-electron chi connectivity index (χ2n) is 4.14. The Bertz CT molecular complexity index is 431. The zero-order valence-electron chi connectivity index (χ0n) is 9.52. The fourth-order valence-electron chi connectivity index (χ4n) is 1.93. The van der Waals surface area contributed by atoms with Crippen molar-refractivity contribution in [3.63, 3.8) is 0 Å². The Morgan fingerprint density at radius 3 is 2.50 bits per heavy atom. The molecular formula is C12H13F3N2O. The van der Waals surface area contributed by atoms with Crippen LogP contribution in [0.5, 0.6) is 0 Å². The predicted octanol–water partition coefficient (Wildman–Crippen LogP) is 2.26. The minimum Gasteiger partial charge on any atom is -0.450 e. The monoisotopic (exact) mass is 258 g/mol. The molecule has 0 spiro atoms. The van der Waals surface area contributed by atoms with E-state index >= 15 is 0 Å². The minimum atomic E-state index is -4.44. The maximum absolute atomic E-state index is 12.7. The van der Waals surface area contributed by atoms with Gasteiger partial charge in [0, 0.05) is 0 Å². The first kappa shape index (κ1) is 12.7. The first-order valence-electron chi connectivity index (χ1n) is 5.57. The lowest BCUT2D eigenvalue weighted by Gasteiger charge is -2.19. The van der Waals surface area contributed by atoms with Gasteiger partial charge in [0.25, 0.3) is 6.02 Å². The predicted molar refractivity (Wildman–Crippen MR) is 61.1 cm³/mol. The zero-order chi connectivity index (χ0) is 13.2. The van der Waals surface area contributed by atoms with Crippen LogP contribution in [0.25, 0.3) is 0 Å². The lowest BCUT2D eigenvalue weighted by molar-refractivity contribution is -0.199. The third kappa shape index (κ3) is 2.94. The topological polar surface area (TPSA) is 47.6 Å². The fourth-order valence-corrected chi connectivity index (χ4v) is 1.93. The molecule has 1 aromatic carbocycles. The SMILES string of the molecule is NC1=N[C@@H](CCc2ccccc2)[C@H](C(F)(F)F)O1. The molecule has 0 radical (unpaired) electrons. The number of aliphatic imine (C=N–C) groups is 1. The van der Waals surface area contributed by atoms with Gasteiger partial charge in [0.2, 0.25) is 6.10 Å². The van der Waals surface area contributed by atoms with Crippen molar-refractivity contribution < 1.29 is 17.9 Å². The van der Waals surface area contributed by atoms with E-state index in [1.807, 2.05) is 30.3 Å². The van der Waals surface area contributed by atoms with Gasteiger partial charge in [-0.15, -0.1) is 0 Å². The van der Waals surface area contributed by atoms with Gasteiger partial charge in [-0.1, -0.05) is 30.3 Å². The molecular weight excluding hydrogens is 245 g/mol. The van der Waals surface area contributed by atoms with Crippen molar-refractivity contribution in [3.8, 4) is 0 Å². The summed E-state index contributed by atoms with van der Waals surface area (Å²) in [4.78, 5) is 3.70. The first-order valence-corrected chi connectivity index (χ1v) is 5.57. The number of aryl methyl sites for hydroxylation is 1. The van der Waals surface area contributed by atoms with Gasteiger partial charge in [-0.2, -0.15) is 13.2 Å². The summed E-state index contributed by atoms with van der Waals surface area (Å²) in [5.74, 6) is 0. The van der Waals surface area contributed by atoms with Crippen LogP contribution in [0.4, 0.5) is 13.2 Å². The molecule has 98 valence electrons. The third-order valence-electron chi connectivity index (χ3n) is 2.78. The smallest absolute Gasteiger partial charge is 0.427 e. The summed E-state index contributed by atoms with van der Waals surface area (Å²) in [6, 6.07) is 7.95. The highest BCUT2D eigenvalue weighted by Gasteiger charge is 2.50.